The van der Waals surface area contributed by atoms with Gasteiger partial charge in [-0.1, -0.05) is 23.7 Å². The molecule has 0 atom stereocenters. The highest BCUT2D eigenvalue weighted by atomic mass is 35.5. The molecule has 0 aliphatic carbocycles. The van der Waals surface area contributed by atoms with Gasteiger partial charge in [0.1, 0.15) is 11.6 Å². The lowest BCUT2D eigenvalue weighted by molar-refractivity contribution is 0.102. The van der Waals surface area contributed by atoms with Crippen LogP contribution in [0.4, 0.5) is 11.5 Å². The van der Waals surface area contributed by atoms with Crippen molar-refractivity contribution < 1.29 is 9.53 Å². The molecule has 0 saturated carbocycles. The van der Waals surface area contributed by atoms with Crippen molar-refractivity contribution in [2.75, 3.05) is 24.3 Å². The van der Waals surface area contributed by atoms with E-state index in [9.17, 15) is 4.79 Å². The Morgan fingerprint density at radius 2 is 1.74 bits per heavy atom. The standard InChI is InChI=1S/C20H19ClN4O2/c1-27-17-8-6-16(7-9-17)23-20(26)18-10-11-19(25-24-18)22-13-12-14-2-4-15(21)5-3-14/h2-11H,12-13H2,1H3,(H,22,25)(H,23,26). The molecule has 0 saturated heterocycles. The van der Waals surface area contributed by atoms with Crippen LogP contribution < -0.4 is 15.4 Å². The van der Waals surface area contributed by atoms with Crippen LogP contribution in [0.1, 0.15) is 16.1 Å². The monoisotopic (exact) mass is 382 g/mol. The minimum Gasteiger partial charge on any atom is -0.497 e. The van der Waals surface area contributed by atoms with Crippen molar-refractivity contribution in [1.29, 1.82) is 0 Å². The Balaban J connectivity index is 1.51. The number of benzene rings is 2. The van der Waals surface area contributed by atoms with Crippen LogP contribution in [-0.4, -0.2) is 29.8 Å². The van der Waals surface area contributed by atoms with Crippen LogP contribution in [0.5, 0.6) is 5.75 Å². The van der Waals surface area contributed by atoms with Gasteiger partial charge in [0, 0.05) is 17.3 Å². The number of rotatable bonds is 7. The highest BCUT2D eigenvalue weighted by Gasteiger charge is 2.09. The molecule has 2 aromatic carbocycles. The van der Waals surface area contributed by atoms with Crippen molar-refractivity contribution in [2.24, 2.45) is 0 Å². The summed E-state index contributed by atoms with van der Waals surface area (Å²) in [5.41, 5.74) is 2.08. The molecule has 7 heteroatoms. The third-order valence-electron chi connectivity index (χ3n) is 3.88. The highest BCUT2D eigenvalue weighted by Crippen LogP contribution is 2.16. The Morgan fingerprint density at radius 1 is 1.00 bits per heavy atom. The summed E-state index contributed by atoms with van der Waals surface area (Å²) in [5.74, 6) is 1.02. The fraction of sp³-hybridized carbons (Fsp3) is 0.150. The van der Waals surface area contributed by atoms with Gasteiger partial charge in [0.2, 0.25) is 0 Å². The van der Waals surface area contributed by atoms with Gasteiger partial charge in [-0.15, -0.1) is 10.2 Å². The number of nitrogens with zero attached hydrogens (tertiary/aromatic N) is 2. The molecular formula is C20H19ClN4O2. The van der Waals surface area contributed by atoms with Gasteiger partial charge < -0.3 is 15.4 Å². The Bertz CT molecular complexity index is 881. The third-order valence-corrected chi connectivity index (χ3v) is 4.13. The van der Waals surface area contributed by atoms with Crippen LogP contribution in [0.2, 0.25) is 5.02 Å². The van der Waals surface area contributed by atoms with Gasteiger partial charge in [0.25, 0.3) is 5.91 Å². The number of carbonyl (C=O) groups excluding carboxylic acids is 1. The number of ether oxygens (including phenoxy) is 1. The van der Waals surface area contributed by atoms with Gasteiger partial charge in [-0.05, 0) is 60.5 Å². The van der Waals surface area contributed by atoms with Crippen molar-refractivity contribution >= 4 is 29.0 Å². The maximum atomic E-state index is 12.2. The molecule has 6 nitrogen and oxygen atoms in total. The first kappa shape index (κ1) is 18.7. The summed E-state index contributed by atoms with van der Waals surface area (Å²) in [6, 6.07) is 18.1. The number of carbonyl (C=O) groups is 1. The van der Waals surface area contributed by atoms with E-state index in [1.54, 1.807) is 43.5 Å². The average molecular weight is 383 g/mol. The molecule has 27 heavy (non-hydrogen) atoms. The summed E-state index contributed by atoms with van der Waals surface area (Å²) < 4.78 is 5.09. The number of halogens is 1. The molecular weight excluding hydrogens is 364 g/mol. The predicted molar refractivity (Wildman–Crippen MR) is 107 cm³/mol. The van der Waals surface area contributed by atoms with Crippen molar-refractivity contribution in [3.63, 3.8) is 0 Å². The summed E-state index contributed by atoms with van der Waals surface area (Å²) in [6.07, 6.45) is 0.832. The molecule has 0 unspecified atom stereocenters. The molecule has 0 bridgehead atoms. The molecule has 1 aromatic heterocycles. The van der Waals surface area contributed by atoms with Gasteiger partial charge in [0.05, 0.1) is 7.11 Å². The third kappa shape index (κ3) is 5.43. The molecule has 3 rings (SSSR count). The van der Waals surface area contributed by atoms with Crippen molar-refractivity contribution in [1.82, 2.24) is 10.2 Å². The SMILES string of the molecule is COc1ccc(NC(=O)c2ccc(NCCc3ccc(Cl)cc3)nn2)cc1. The van der Waals surface area contributed by atoms with Gasteiger partial charge in [-0.3, -0.25) is 4.79 Å². The number of nitrogens with one attached hydrogen (secondary N) is 2. The molecule has 0 fully saturated rings. The number of hydrogen-bond acceptors (Lipinski definition) is 5. The lowest BCUT2D eigenvalue weighted by atomic mass is 10.1. The van der Waals surface area contributed by atoms with Gasteiger partial charge >= 0.3 is 0 Å². The number of methoxy groups -OCH3 is 1. The maximum Gasteiger partial charge on any atom is 0.276 e. The van der Waals surface area contributed by atoms with E-state index in [0.717, 1.165) is 17.2 Å². The number of anilines is 2. The molecule has 3 aromatic rings. The fourth-order valence-electron chi connectivity index (χ4n) is 2.40. The Hall–Kier alpha value is -3.12. The van der Waals surface area contributed by atoms with Crippen molar-refractivity contribution in [3.8, 4) is 5.75 Å². The Labute approximate surface area is 162 Å². The first-order valence-electron chi connectivity index (χ1n) is 8.41. The van der Waals surface area contributed by atoms with Crippen LogP contribution in [0.25, 0.3) is 0 Å². The minimum absolute atomic E-state index is 0.245. The van der Waals surface area contributed by atoms with E-state index < -0.39 is 0 Å². The lowest BCUT2D eigenvalue weighted by Crippen LogP contribution is -2.15. The largest absolute Gasteiger partial charge is 0.497 e. The summed E-state index contributed by atoms with van der Waals surface area (Å²) in [7, 11) is 1.59. The molecule has 0 radical (unpaired) electrons. The van der Waals surface area contributed by atoms with E-state index >= 15 is 0 Å². The molecule has 2 N–H and O–H groups in total. The molecule has 1 heterocycles. The zero-order chi connectivity index (χ0) is 19.1. The average Bonchev–Trinajstić information content (AvgIpc) is 2.70. The highest BCUT2D eigenvalue weighted by molar-refractivity contribution is 6.30. The van der Waals surface area contributed by atoms with E-state index in [2.05, 4.69) is 20.8 Å². The lowest BCUT2D eigenvalue weighted by Gasteiger charge is -2.07. The normalized spacial score (nSPS) is 10.3. The van der Waals surface area contributed by atoms with Crippen LogP contribution in [0.3, 0.4) is 0 Å². The first-order valence-corrected chi connectivity index (χ1v) is 8.79. The van der Waals surface area contributed by atoms with Gasteiger partial charge in [-0.25, -0.2) is 0 Å². The van der Waals surface area contributed by atoms with Crippen LogP contribution >= 0.6 is 11.6 Å². The van der Waals surface area contributed by atoms with Crippen LogP contribution in [0, 0.1) is 0 Å². The summed E-state index contributed by atoms with van der Waals surface area (Å²) in [5, 5.41) is 14.7. The Morgan fingerprint density at radius 3 is 2.37 bits per heavy atom. The number of amides is 1. The van der Waals surface area contributed by atoms with E-state index in [1.165, 1.54) is 5.56 Å². The second kappa shape index (κ2) is 9.00. The second-order valence-corrected chi connectivity index (χ2v) is 6.23. The number of hydrogen-bond donors (Lipinski definition) is 2. The minimum atomic E-state index is -0.319. The molecule has 0 aliphatic rings. The molecule has 138 valence electrons. The quantitative estimate of drug-likeness (QED) is 0.644. The van der Waals surface area contributed by atoms with E-state index in [1.807, 2.05) is 24.3 Å². The van der Waals surface area contributed by atoms with Crippen molar-refractivity contribution in [2.45, 2.75) is 6.42 Å². The van der Waals surface area contributed by atoms with Crippen LogP contribution in [0.15, 0.2) is 60.7 Å². The van der Waals surface area contributed by atoms with E-state index in [0.29, 0.717) is 18.1 Å². The van der Waals surface area contributed by atoms with Gasteiger partial charge in [0.15, 0.2) is 5.69 Å². The molecule has 1 amide bonds. The molecule has 0 spiro atoms. The maximum absolute atomic E-state index is 12.2. The number of aromatic nitrogens is 2. The van der Waals surface area contributed by atoms with Crippen molar-refractivity contribution in [3.05, 3.63) is 76.9 Å². The summed E-state index contributed by atoms with van der Waals surface area (Å²) in [4.78, 5) is 12.2. The first-order chi connectivity index (χ1) is 13.1. The van der Waals surface area contributed by atoms with E-state index in [4.69, 9.17) is 16.3 Å². The second-order valence-electron chi connectivity index (χ2n) is 5.79. The summed E-state index contributed by atoms with van der Waals surface area (Å²) in [6.45, 7) is 0.702. The summed E-state index contributed by atoms with van der Waals surface area (Å²) >= 11 is 5.87. The zero-order valence-corrected chi connectivity index (χ0v) is 15.5. The zero-order valence-electron chi connectivity index (χ0n) is 14.8. The predicted octanol–water partition coefficient (Wildman–Crippen LogP) is 4.05. The topological polar surface area (TPSA) is 76.1 Å². The Kier molecular flexibility index (Phi) is 6.22. The van der Waals surface area contributed by atoms with Gasteiger partial charge in [-0.2, -0.15) is 0 Å². The van der Waals surface area contributed by atoms with E-state index in [-0.39, 0.29) is 11.6 Å². The molecule has 0 aliphatic heterocycles. The smallest absolute Gasteiger partial charge is 0.276 e. The van der Waals surface area contributed by atoms with Crippen LogP contribution in [-0.2, 0) is 6.42 Å². The fourth-order valence-corrected chi connectivity index (χ4v) is 2.53.